The van der Waals surface area contributed by atoms with Crippen LogP contribution in [0.5, 0.6) is 0 Å². The zero-order chi connectivity index (χ0) is 85.2. The molecular weight excluding hydrogens is 1560 g/mol. The molecule has 6 aliphatic rings. The number of ether oxygens (including phenoxy) is 11. The Hall–Kier alpha value is -13.0. The van der Waals surface area contributed by atoms with Gasteiger partial charge in [-0.1, -0.05) is 182 Å². The van der Waals surface area contributed by atoms with Gasteiger partial charge in [-0.2, -0.15) is 0 Å². The first-order chi connectivity index (χ1) is 60.4. The highest BCUT2D eigenvalue weighted by molar-refractivity contribution is 6.12. The molecule has 0 saturated carbocycles. The minimum Gasteiger partial charge on any atom is -0.464 e. The number of hydrogen-bond acceptors (Lipinski definition) is 18. The normalized spacial score (nSPS) is 19.7. The summed E-state index contributed by atoms with van der Waals surface area (Å²) in [7, 11) is 0. The lowest BCUT2D eigenvalue weighted by Gasteiger charge is -2.23. The van der Waals surface area contributed by atoms with Crippen LogP contribution in [0.25, 0.3) is 108 Å². The minimum absolute atomic E-state index is 0.0519. The molecule has 6 fully saturated rings. The van der Waals surface area contributed by atoms with Crippen molar-refractivity contribution in [1.82, 2.24) is 5.32 Å². The molecule has 124 heavy (non-hydrogen) atoms. The summed E-state index contributed by atoms with van der Waals surface area (Å²) in [6.45, 7) is 9.28. The van der Waals surface area contributed by atoms with Crippen LogP contribution in [0.3, 0.4) is 0 Å². The molecule has 6 heterocycles. The van der Waals surface area contributed by atoms with Crippen LogP contribution in [0.1, 0.15) is 110 Å². The van der Waals surface area contributed by atoms with Gasteiger partial charge in [0.15, 0.2) is 30.5 Å². The molecule has 19 nitrogen and oxygen atoms in total. The molecule has 15 aromatic carbocycles. The second kappa shape index (κ2) is 37.8. The van der Waals surface area contributed by atoms with E-state index in [1.807, 2.05) is 106 Å². The molecule has 0 radical (unpaired) electrons. The molecule has 1 N–H and O–H groups in total. The van der Waals surface area contributed by atoms with E-state index in [0.717, 1.165) is 83.7 Å². The molecule has 15 aromatic rings. The highest BCUT2D eigenvalue weighted by Crippen LogP contribution is 2.35. The zero-order valence-corrected chi connectivity index (χ0v) is 69.3. The van der Waals surface area contributed by atoms with Gasteiger partial charge < -0.3 is 57.4 Å². The van der Waals surface area contributed by atoms with Crippen molar-refractivity contribution in [3.63, 3.8) is 0 Å². The fourth-order valence-corrected chi connectivity index (χ4v) is 16.9. The van der Waals surface area contributed by atoms with Crippen molar-refractivity contribution in [3.05, 3.63) is 300 Å². The first-order valence-electron chi connectivity index (χ1n) is 42.5. The van der Waals surface area contributed by atoms with E-state index < -0.39 is 42.2 Å². The van der Waals surface area contributed by atoms with E-state index in [9.17, 15) is 33.6 Å². The quantitative estimate of drug-likeness (QED) is 0.0507. The molecule has 7 unspecified atom stereocenters. The highest BCUT2D eigenvalue weighted by atomic mass is 16.6. The van der Waals surface area contributed by atoms with Crippen LogP contribution in [-0.2, 0) is 114 Å². The Kier molecular flexibility index (Phi) is 25.4. The van der Waals surface area contributed by atoms with Crippen molar-refractivity contribution in [1.29, 1.82) is 0 Å². The molecule has 6 saturated heterocycles. The summed E-state index contributed by atoms with van der Waals surface area (Å²) < 4.78 is 59.8. The number of esters is 6. The summed E-state index contributed by atoms with van der Waals surface area (Å²) in [4.78, 5) is 83.1. The standard InChI is InChI=1S/C26H26O6.C21H20O3.C20H18O3.C19H15NO3.C19H16O3/c27-25-23(7-3-9-29-25)31-15-21-13-19-11-17-5-1-2-6-18(17)12-20(19)14-22(21)16-32-24-8-4-10-30-26(24)28;1-21(2)12-19(20(22)24-21)23-13-17-9-5-8-16-10-14-6-3-4-7-15(14)11-18(16)17;1-13-9-19(20(21)23-13)22-12-17-8-4-7-16-10-14-5-2-3-6-15(14)11-18(16)17;21-18(20-17-8-9-23-19(17)22)15-7-3-6-14-10-12-4-1-2-5-13(12)11-16(14)15;20-19-18(7-8-21-19)22-12-13-5-6-16-10-14-3-1-2-4-15(14)11-17(16)9-13/h1-2,5-6,11-14,23-24H,3-4,7-10,15-16H2;3-11,19H,12-13H2,1-2H3;2-8,10-11,13,19H,9,12H2,1H3;1-7,10-11,17H,8-9H2,(H,20,21);1-6,9-11,18H,7-8,12H2. The molecule has 1 amide bonds. The highest BCUT2D eigenvalue weighted by Gasteiger charge is 2.41. The van der Waals surface area contributed by atoms with E-state index in [4.69, 9.17) is 52.1 Å². The lowest BCUT2D eigenvalue weighted by Crippen LogP contribution is -2.37. The molecule has 6 aliphatic heterocycles. The predicted octanol–water partition coefficient (Wildman–Crippen LogP) is 20.1. The predicted molar refractivity (Wildman–Crippen MR) is 478 cm³/mol. The number of fused-ring (bicyclic) bond motifs is 10. The van der Waals surface area contributed by atoms with Crippen LogP contribution in [0.15, 0.2) is 267 Å². The zero-order valence-electron chi connectivity index (χ0n) is 69.3. The SMILES string of the molecule is CC1(C)CC(OCc2cccc3cc4ccccc4cc23)C(=O)O1.CC1CC(OCc2cccc3cc4ccccc4cc23)C(=O)O1.O=C(NC1CCOC1=O)c1cccc2cc3ccccc3cc12.O=C1OCCC1OCc1ccc2cc3ccccc3cc2c1.O=C1OCCCC1OCc1cc2cc3ccccc3cc2cc1COC1CCCOC1=O. The van der Waals surface area contributed by atoms with Crippen molar-refractivity contribution in [2.75, 3.05) is 26.4 Å². The van der Waals surface area contributed by atoms with E-state index in [0.29, 0.717) is 90.3 Å². The number of carbonyl (C=O) groups excluding carboxylic acids is 7. The Morgan fingerprint density at radius 3 is 1.15 bits per heavy atom. The third kappa shape index (κ3) is 19.7. The summed E-state index contributed by atoms with van der Waals surface area (Å²) in [5.74, 6) is -1.95. The van der Waals surface area contributed by atoms with Crippen LogP contribution in [0, 0.1) is 0 Å². The van der Waals surface area contributed by atoms with Crippen molar-refractivity contribution >= 4 is 149 Å². The second-order valence-electron chi connectivity index (χ2n) is 32.9. The van der Waals surface area contributed by atoms with Gasteiger partial charge in [0.05, 0.1) is 59.5 Å². The first-order valence-corrected chi connectivity index (χ1v) is 42.5. The minimum atomic E-state index is -0.543. The monoisotopic (exact) mass is 1660 g/mol. The Bertz CT molecular complexity index is 6490. The van der Waals surface area contributed by atoms with Gasteiger partial charge >= 0.3 is 35.8 Å². The first kappa shape index (κ1) is 83.3. The summed E-state index contributed by atoms with van der Waals surface area (Å²) in [6, 6.07) is 90.8. The third-order valence-corrected chi connectivity index (χ3v) is 23.5. The Balaban J connectivity index is 0.000000111. The summed E-state index contributed by atoms with van der Waals surface area (Å²) in [5, 5.41) is 25.8. The maximum absolute atomic E-state index is 12.6. The van der Waals surface area contributed by atoms with E-state index in [1.54, 1.807) is 6.07 Å². The number of amides is 1. The van der Waals surface area contributed by atoms with Crippen LogP contribution in [0.4, 0.5) is 0 Å². The lowest BCUT2D eigenvalue weighted by atomic mass is 9.98. The largest absolute Gasteiger partial charge is 0.464 e. The number of rotatable bonds is 17. The number of hydrogen-bond donors (Lipinski definition) is 1. The van der Waals surface area contributed by atoms with E-state index in [2.05, 4.69) is 181 Å². The number of benzene rings is 15. The van der Waals surface area contributed by atoms with Gasteiger partial charge in [0.2, 0.25) is 0 Å². The molecule has 0 spiro atoms. The molecule has 0 bridgehead atoms. The molecule has 7 atom stereocenters. The fourth-order valence-electron chi connectivity index (χ4n) is 16.9. The van der Waals surface area contributed by atoms with E-state index in [1.165, 1.54) is 64.6 Å². The second-order valence-corrected chi connectivity index (χ2v) is 32.9. The van der Waals surface area contributed by atoms with Crippen molar-refractivity contribution in [2.45, 2.75) is 153 Å². The fraction of sp³-hybridized carbons (Fsp3) is 0.267. The van der Waals surface area contributed by atoms with Crippen molar-refractivity contribution < 1.29 is 85.7 Å². The molecule has 0 aliphatic carbocycles. The van der Waals surface area contributed by atoms with E-state index >= 15 is 0 Å². The average Bonchev–Trinajstić information content (AvgIpc) is 1.34. The van der Waals surface area contributed by atoms with Crippen LogP contribution >= 0.6 is 0 Å². The van der Waals surface area contributed by atoms with Gasteiger partial charge in [0.25, 0.3) is 5.91 Å². The molecular formula is C105H95NO18. The maximum Gasteiger partial charge on any atom is 0.335 e. The molecule has 0 aromatic heterocycles. The van der Waals surface area contributed by atoms with Crippen LogP contribution in [-0.4, -0.2) is 116 Å². The lowest BCUT2D eigenvalue weighted by molar-refractivity contribution is -0.165. The Labute approximate surface area is 716 Å². The van der Waals surface area contributed by atoms with Gasteiger partial charge in [-0.05, 0) is 267 Å². The van der Waals surface area contributed by atoms with Gasteiger partial charge in [-0.3, -0.25) is 4.79 Å². The summed E-state index contributed by atoms with van der Waals surface area (Å²) in [6.07, 6.45) is 2.87. The number of cyclic esters (lactones) is 6. The van der Waals surface area contributed by atoms with Crippen molar-refractivity contribution in [2.24, 2.45) is 0 Å². The van der Waals surface area contributed by atoms with Gasteiger partial charge in [-0.25, -0.2) is 28.8 Å². The molecule has 21 rings (SSSR count). The van der Waals surface area contributed by atoms with Crippen molar-refractivity contribution in [3.8, 4) is 0 Å². The topological polar surface area (TPSA) is 233 Å². The smallest absolute Gasteiger partial charge is 0.335 e. The van der Waals surface area contributed by atoms with Gasteiger partial charge in [0.1, 0.15) is 17.7 Å². The van der Waals surface area contributed by atoms with Gasteiger partial charge in [-0.15, -0.1) is 0 Å². The maximum atomic E-state index is 12.6. The van der Waals surface area contributed by atoms with Crippen LogP contribution in [0.2, 0.25) is 0 Å². The van der Waals surface area contributed by atoms with Crippen LogP contribution < -0.4 is 5.32 Å². The Morgan fingerprint density at radius 1 is 0.331 bits per heavy atom. The van der Waals surface area contributed by atoms with Gasteiger partial charge in [0, 0.05) is 31.2 Å². The third-order valence-electron chi connectivity index (χ3n) is 23.5. The summed E-state index contributed by atoms with van der Waals surface area (Å²) >= 11 is 0. The summed E-state index contributed by atoms with van der Waals surface area (Å²) in [5.41, 5.74) is 5.29. The molecule has 628 valence electrons. The number of nitrogens with one attached hydrogen (secondary N) is 1. The average molecular weight is 1660 g/mol. The number of carbonyl (C=O) groups is 7. The Morgan fingerprint density at radius 2 is 0.702 bits per heavy atom. The molecule has 19 heteroatoms. The van der Waals surface area contributed by atoms with E-state index in [-0.39, 0.29) is 61.0 Å².